The Hall–Kier alpha value is -3.59. The molecule has 0 radical (unpaired) electrons. The lowest BCUT2D eigenvalue weighted by atomic mass is 10.1. The standard InChI is InChI=1S/C26H29N5O/c1-4-20-9-10-23-21(15-20)16-22(17-27)25(28-23)30-11-6-12-31(14-13-30)26(32)29-24-18(2)7-5-8-19(24)3/h5,7-10,15-16H,4,6,11-14H2,1-3H3,(H,29,32). The van der Waals surface area contributed by atoms with Gasteiger partial charge in [-0.05, 0) is 61.6 Å². The number of hydrogen-bond donors (Lipinski definition) is 1. The molecule has 0 atom stereocenters. The zero-order valence-corrected chi connectivity index (χ0v) is 19.0. The second-order valence-corrected chi connectivity index (χ2v) is 8.38. The number of aryl methyl sites for hydroxylation is 3. The van der Waals surface area contributed by atoms with Gasteiger partial charge in [0.2, 0.25) is 0 Å². The monoisotopic (exact) mass is 427 g/mol. The van der Waals surface area contributed by atoms with E-state index in [9.17, 15) is 10.1 Å². The number of pyridine rings is 1. The lowest BCUT2D eigenvalue weighted by molar-refractivity contribution is 0.215. The molecule has 1 aliphatic heterocycles. The minimum absolute atomic E-state index is 0.0803. The van der Waals surface area contributed by atoms with Gasteiger partial charge in [0.05, 0.1) is 11.1 Å². The number of nitriles is 1. The number of benzene rings is 2. The zero-order valence-electron chi connectivity index (χ0n) is 19.0. The zero-order chi connectivity index (χ0) is 22.7. The van der Waals surface area contributed by atoms with E-state index >= 15 is 0 Å². The molecule has 32 heavy (non-hydrogen) atoms. The molecule has 6 heteroatoms. The largest absolute Gasteiger partial charge is 0.354 e. The van der Waals surface area contributed by atoms with Crippen molar-refractivity contribution in [1.29, 1.82) is 5.26 Å². The molecule has 0 saturated carbocycles. The third-order valence-electron chi connectivity index (χ3n) is 6.18. The molecule has 1 fully saturated rings. The van der Waals surface area contributed by atoms with Gasteiger partial charge < -0.3 is 15.1 Å². The molecule has 6 nitrogen and oxygen atoms in total. The van der Waals surface area contributed by atoms with Crippen LogP contribution in [-0.2, 0) is 6.42 Å². The minimum atomic E-state index is -0.0803. The number of nitrogens with one attached hydrogen (secondary N) is 1. The molecule has 0 aliphatic carbocycles. The summed E-state index contributed by atoms with van der Waals surface area (Å²) >= 11 is 0. The van der Waals surface area contributed by atoms with E-state index in [0.29, 0.717) is 31.0 Å². The summed E-state index contributed by atoms with van der Waals surface area (Å²) in [5, 5.41) is 13.9. The van der Waals surface area contributed by atoms with Crippen LogP contribution in [-0.4, -0.2) is 42.1 Å². The van der Waals surface area contributed by atoms with Crippen LogP contribution in [0.25, 0.3) is 10.9 Å². The molecule has 2 aromatic carbocycles. The van der Waals surface area contributed by atoms with Crippen molar-refractivity contribution in [1.82, 2.24) is 9.88 Å². The average Bonchev–Trinajstić information content (AvgIpc) is 3.06. The van der Waals surface area contributed by atoms with Crippen LogP contribution in [0.15, 0.2) is 42.5 Å². The van der Waals surface area contributed by atoms with Crippen LogP contribution in [0, 0.1) is 25.2 Å². The van der Waals surface area contributed by atoms with Gasteiger partial charge in [0.15, 0.2) is 0 Å². The smallest absolute Gasteiger partial charge is 0.321 e. The van der Waals surface area contributed by atoms with Crippen LogP contribution >= 0.6 is 0 Å². The second kappa shape index (κ2) is 9.27. The normalized spacial score (nSPS) is 14.2. The Morgan fingerprint density at radius 3 is 2.59 bits per heavy atom. The van der Waals surface area contributed by atoms with E-state index in [4.69, 9.17) is 4.98 Å². The predicted octanol–water partition coefficient (Wildman–Crippen LogP) is 5.03. The van der Waals surface area contributed by atoms with Crippen LogP contribution < -0.4 is 10.2 Å². The molecule has 1 aliphatic rings. The Labute approximate surface area is 189 Å². The summed E-state index contributed by atoms with van der Waals surface area (Å²) in [4.78, 5) is 21.8. The molecule has 0 unspecified atom stereocenters. The predicted molar refractivity (Wildman–Crippen MR) is 129 cm³/mol. The summed E-state index contributed by atoms with van der Waals surface area (Å²) in [6, 6.07) is 16.4. The van der Waals surface area contributed by atoms with Crippen LogP contribution in [0.2, 0.25) is 0 Å². The van der Waals surface area contributed by atoms with Crippen molar-refractivity contribution < 1.29 is 4.79 Å². The maximum absolute atomic E-state index is 13.0. The summed E-state index contributed by atoms with van der Waals surface area (Å²) in [5.74, 6) is 0.709. The van der Waals surface area contributed by atoms with Gasteiger partial charge >= 0.3 is 6.03 Å². The fraction of sp³-hybridized carbons (Fsp3) is 0.346. The Bertz CT molecular complexity index is 1180. The number of carbonyl (C=O) groups excluding carboxylic acids is 1. The molecular weight excluding hydrogens is 398 g/mol. The maximum Gasteiger partial charge on any atom is 0.321 e. The van der Waals surface area contributed by atoms with E-state index in [-0.39, 0.29) is 6.03 Å². The number of aromatic nitrogens is 1. The Kier molecular flexibility index (Phi) is 6.27. The Balaban J connectivity index is 1.52. The van der Waals surface area contributed by atoms with Crippen molar-refractivity contribution in [3.8, 4) is 6.07 Å². The first-order chi connectivity index (χ1) is 15.5. The Morgan fingerprint density at radius 2 is 1.88 bits per heavy atom. The topological polar surface area (TPSA) is 72.3 Å². The van der Waals surface area contributed by atoms with Gasteiger partial charge in [-0.2, -0.15) is 5.26 Å². The number of urea groups is 1. The maximum atomic E-state index is 13.0. The molecule has 1 saturated heterocycles. The van der Waals surface area contributed by atoms with E-state index in [2.05, 4.69) is 35.3 Å². The third-order valence-corrected chi connectivity index (χ3v) is 6.18. The highest BCUT2D eigenvalue weighted by atomic mass is 16.2. The highest BCUT2D eigenvalue weighted by Gasteiger charge is 2.22. The van der Waals surface area contributed by atoms with E-state index in [1.54, 1.807) is 0 Å². The number of nitrogens with zero attached hydrogens (tertiary/aromatic N) is 4. The molecule has 0 bridgehead atoms. The van der Waals surface area contributed by atoms with Gasteiger partial charge in [-0.15, -0.1) is 0 Å². The van der Waals surface area contributed by atoms with Crippen LogP contribution in [0.4, 0.5) is 16.3 Å². The molecule has 164 valence electrons. The highest BCUT2D eigenvalue weighted by molar-refractivity contribution is 5.91. The lowest BCUT2D eigenvalue weighted by Crippen LogP contribution is -2.38. The average molecular weight is 428 g/mol. The molecular formula is C26H29N5O. The minimum Gasteiger partial charge on any atom is -0.354 e. The third kappa shape index (κ3) is 4.38. The van der Waals surface area contributed by atoms with Gasteiger partial charge in [-0.25, -0.2) is 9.78 Å². The number of para-hydroxylation sites is 1. The number of anilines is 2. The molecule has 3 aromatic rings. The Morgan fingerprint density at radius 1 is 1.09 bits per heavy atom. The number of hydrogen-bond acceptors (Lipinski definition) is 4. The molecule has 2 heterocycles. The van der Waals surface area contributed by atoms with Crippen molar-refractivity contribution >= 4 is 28.4 Å². The quantitative estimate of drug-likeness (QED) is 0.636. The van der Waals surface area contributed by atoms with E-state index in [1.807, 2.05) is 49.1 Å². The van der Waals surface area contributed by atoms with Gasteiger partial charge in [-0.3, -0.25) is 0 Å². The molecule has 0 spiro atoms. The fourth-order valence-electron chi connectivity index (χ4n) is 4.29. The van der Waals surface area contributed by atoms with Crippen molar-refractivity contribution in [2.45, 2.75) is 33.6 Å². The number of rotatable bonds is 3. The molecule has 2 amide bonds. The van der Waals surface area contributed by atoms with Gasteiger partial charge in [0, 0.05) is 37.3 Å². The summed E-state index contributed by atoms with van der Waals surface area (Å²) in [6.45, 7) is 8.77. The molecule has 1 aromatic heterocycles. The summed E-state index contributed by atoms with van der Waals surface area (Å²) in [6.07, 6.45) is 1.77. The fourth-order valence-corrected chi connectivity index (χ4v) is 4.29. The van der Waals surface area contributed by atoms with Crippen molar-refractivity contribution in [2.75, 3.05) is 36.4 Å². The molecule has 4 rings (SSSR count). The van der Waals surface area contributed by atoms with Crippen LogP contribution in [0.3, 0.4) is 0 Å². The van der Waals surface area contributed by atoms with Crippen LogP contribution in [0.5, 0.6) is 0 Å². The summed E-state index contributed by atoms with van der Waals surface area (Å²) in [7, 11) is 0. The van der Waals surface area contributed by atoms with Gasteiger partial charge in [0.1, 0.15) is 11.9 Å². The highest BCUT2D eigenvalue weighted by Crippen LogP contribution is 2.26. The first-order valence-electron chi connectivity index (χ1n) is 11.2. The molecule has 1 N–H and O–H groups in total. The number of fused-ring (bicyclic) bond motifs is 1. The van der Waals surface area contributed by atoms with Crippen molar-refractivity contribution in [3.05, 3.63) is 64.7 Å². The summed E-state index contributed by atoms with van der Waals surface area (Å²) < 4.78 is 0. The first-order valence-corrected chi connectivity index (χ1v) is 11.2. The second-order valence-electron chi connectivity index (χ2n) is 8.38. The van der Waals surface area contributed by atoms with Crippen molar-refractivity contribution in [2.24, 2.45) is 0 Å². The first kappa shape index (κ1) is 21.6. The van der Waals surface area contributed by atoms with E-state index < -0.39 is 0 Å². The lowest BCUT2D eigenvalue weighted by Gasteiger charge is -2.24. The number of amides is 2. The summed E-state index contributed by atoms with van der Waals surface area (Å²) in [5.41, 5.74) is 5.70. The SMILES string of the molecule is CCc1ccc2nc(N3CCCN(C(=O)Nc4c(C)cccc4C)CC3)c(C#N)cc2c1. The van der Waals surface area contributed by atoms with Gasteiger partial charge in [-0.1, -0.05) is 31.2 Å². The van der Waals surface area contributed by atoms with Crippen molar-refractivity contribution in [3.63, 3.8) is 0 Å². The van der Waals surface area contributed by atoms with E-state index in [1.165, 1.54) is 5.56 Å². The van der Waals surface area contributed by atoms with Gasteiger partial charge in [0.25, 0.3) is 0 Å². The van der Waals surface area contributed by atoms with Crippen LogP contribution in [0.1, 0.15) is 35.6 Å². The van der Waals surface area contributed by atoms with E-state index in [0.717, 1.165) is 47.1 Å². The number of carbonyl (C=O) groups is 1.